The first-order chi connectivity index (χ1) is 15.8. The summed E-state index contributed by atoms with van der Waals surface area (Å²) in [5.41, 5.74) is 4.61. The van der Waals surface area contributed by atoms with Gasteiger partial charge in [0.05, 0.1) is 13.2 Å². The molecule has 1 aliphatic rings. The van der Waals surface area contributed by atoms with Crippen LogP contribution in [0, 0.1) is 0 Å². The van der Waals surface area contributed by atoms with Crippen molar-refractivity contribution in [3.05, 3.63) is 84.7 Å². The highest BCUT2D eigenvalue weighted by molar-refractivity contribution is 7.80. The van der Waals surface area contributed by atoms with Crippen molar-refractivity contribution in [1.82, 2.24) is 14.8 Å². The summed E-state index contributed by atoms with van der Waals surface area (Å²) in [7, 11) is 0. The zero-order valence-electron chi connectivity index (χ0n) is 18.3. The molecule has 2 heterocycles. The van der Waals surface area contributed by atoms with Gasteiger partial charge in [0.2, 0.25) is 0 Å². The van der Waals surface area contributed by atoms with Gasteiger partial charge in [0, 0.05) is 50.8 Å². The molecule has 0 radical (unpaired) electrons. The predicted molar refractivity (Wildman–Crippen MR) is 135 cm³/mol. The first-order valence-corrected chi connectivity index (χ1v) is 11.6. The maximum absolute atomic E-state index is 5.82. The number of anilines is 1. The van der Waals surface area contributed by atoms with Gasteiger partial charge in [-0.05, 0) is 59.6 Å². The molecular formula is C26H30N4OS. The molecule has 0 spiro atoms. The highest BCUT2D eigenvalue weighted by Crippen LogP contribution is 2.21. The predicted octanol–water partition coefficient (Wildman–Crippen LogP) is 4.67. The normalized spacial score (nSPS) is 14.1. The topological polar surface area (TPSA) is 40.6 Å². The quantitative estimate of drug-likeness (QED) is 0.507. The Bertz CT molecular complexity index is 960. The summed E-state index contributed by atoms with van der Waals surface area (Å²) in [6.07, 6.45) is 4.72. The van der Waals surface area contributed by atoms with Crippen LogP contribution in [0.2, 0.25) is 0 Å². The molecular weight excluding hydrogens is 416 g/mol. The average molecular weight is 447 g/mol. The lowest BCUT2D eigenvalue weighted by Crippen LogP contribution is -2.40. The van der Waals surface area contributed by atoms with E-state index in [9.17, 15) is 0 Å². The minimum absolute atomic E-state index is 0.747. The van der Waals surface area contributed by atoms with Crippen LogP contribution in [0.3, 0.4) is 0 Å². The maximum Gasteiger partial charge on any atom is 0.173 e. The standard InChI is InChI=1S/C26H30N4OS/c32-26(28-25-9-7-24(8-10-25)23-5-2-1-3-6-23)30(21-22-11-13-27-14-12-22)16-4-15-29-17-19-31-20-18-29/h1-3,5-14H,4,15-21H2,(H,28,32). The van der Waals surface area contributed by atoms with E-state index in [1.54, 1.807) is 0 Å². The number of thiocarbonyl (C=S) groups is 1. The van der Waals surface area contributed by atoms with E-state index in [-0.39, 0.29) is 0 Å². The number of hydrogen-bond donors (Lipinski definition) is 1. The minimum Gasteiger partial charge on any atom is -0.379 e. The van der Waals surface area contributed by atoms with Gasteiger partial charge in [0.15, 0.2) is 5.11 Å². The van der Waals surface area contributed by atoms with Gasteiger partial charge in [-0.3, -0.25) is 9.88 Å². The van der Waals surface area contributed by atoms with Crippen molar-refractivity contribution in [3.63, 3.8) is 0 Å². The molecule has 3 aromatic rings. The Kier molecular flexibility index (Phi) is 8.20. The van der Waals surface area contributed by atoms with Gasteiger partial charge in [-0.2, -0.15) is 0 Å². The van der Waals surface area contributed by atoms with Crippen LogP contribution in [0.5, 0.6) is 0 Å². The zero-order chi connectivity index (χ0) is 22.0. The van der Waals surface area contributed by atoms with Gasteiger partial charge >= 0.3 is 0 Å². The Morgan fingerprint density at radius 2 is 1.62 bits per heavy atom. The molecule has 1 fully saturated rings. The number of rotatable bonds is 8. The third kappa shape index (κ3) is 6.60. The average Bonchev–Trinajstić information content (AvgIpc) is 2.86. The molecule has 1 aromatic heterocycles. The number of morpholine rings is 1. The minimum atomic E-state index is 0.747. The smallest absolute Gasteiger partial charge is 0.173 e. The van der Waals surface area contributed by atoms with Crippen LogP contribution >= 0.6 is 12.2 Å². The molecule has 0 unspecified atom stereocenters. The number of nitrogens with zero attached hydrogens (tertiary/aromatic N) is 3. The van der Waals surface area contributed by atoms with Crippen LogP contribution in [0.4, 0.5) is 5.69 Å². The molecule has 0 saturated carbocycles. The van der Waals surface area contributed by atoms with E-state index in [1.165, 1.54) is 16.7 Å². The molecule has 166 valence electrons. The third-order valence-electron chi connectivity index (χ3n) is 5.66. The lowest BCUT2D eigenvalue weighted by atomic mass is 10.1. The molecule has 0 amide bonds. The van der Waals surface area contributed by atoms with Crippen molar-refractivity contribution >= 4 is 23.0 Å². The molecule has 1 saturated heterocycles. The number of pyridine rings is 1. The van der Waals surface area contributed by atoms with E-state index < -0.39 is 0 Å². The second-order valence-corrected chi connectivity index (χ2v) is 8.34. The molecule has 1 N–H and O–H groups in total. The van der Waals surface area contributed by atoms with E-state index in [0.717, 1.165) is 63.2 Å². The summed E-state index contributed by atoms with van der Waals surface area (Å²) in [6, 6.07) is 22.9. The molecule has 0 aliphatic carbocycles. The molecule has 6 heteroatoms. The second-order valence-electron chi connectivity index (χ2n) is 7.96. The Hall–Kier alpha value is -2.80. The molecule has 2 aromatic carbocycles. The van der Waals surface area contributed by atoms with Crippen LogP contribution in [-0.2, 0) is 11.3 Å². The number of benzene rings is 2. The van der Waals surface area contributed by atoms with Crippen molar-refractivity contribution in [3.8, 4) is 11.1 Å². The molecule has 0 atom stereocenters. The van der Waals surface area contributed by atoms with Gasteiger partial charge in [-0.15, -0.1) is 0 Å². The van der Waals surface area contributed by atoms with E-state index in [2.05, 4.69) is 68.6 Å². The van der Waals surface area contributed by atoms with Crippen molar-refractivity contribution in [2.75, 3.05) is 44.7 Å². The summed E-state index contributed by atoms with van der Waals surface area (Å²) >= 11 is 5.82. The molecule has 1 aliphatic heterocycles. The molecule has 0 bridgehead atoms. The highest BCUT2D eigenvalue weighted by atomic mass is 32.1. The van der Waals surface area contributed by atoms with Gasteiger partial charge in [0.1, 0.15) is 0 Å². The van der Waals surface area contributed by atoms with E-state index in [4.69, 9.17) is 17.0 Å². The molecule has 32 heavy (non-hydrogen) atoms. The van der Waals surface area contributed by atoms with E-state index >= 15 is 0 Å². The Labute approximate surface area is 196 Å². The van der Waals surface area contributed by atoms with Crippen LogP contribution in [0.1, 0.15) is 12.0 Å². The number of ether oxygens (including phenoxy) is 1. The third-order valence-corrected chi connectivity index (χ3v) is 6.02. The zero-order valence-corrected chi connectivity index (χ0v) is 19.1. The maximum atomic E-state index is 5.82. The van der Waals surface area contributed by atoms with Gasteiger partial charge in [-0.1, -0.05) is 42.5 Å². The number of hydrogen-bond acceptors (Lipinski definition) is 4. The van der Waals surface area contributed by atoms with Crippen LogP contribution in [0.25, 0.3) is 11.1 Å². The first kappa shape index (κ1) is 22.4. The van der Waals surface area contributed by atoms with Crippen molar-refractivity contribution in [2.45, 2.75) is 13.0 Å². The van der Waals surface area contributed by atoms with Crippen LogP contribution < -0.4 is 5.32 Å². The lowest BCUT2D eigenvalue weighted by molar-refractivity contribution is 0.0368. The van der Waals surface area contributed by atoms with E-state index in [0.29, 0.717) is 0 Å². The van der Waals surface area contributed by atoms with Gasteiger partial charge in [-0.25, -0.2) is 0 Å². The number of aromatic nitrogens is 1. The SMILES string of the molecule is S=C(Nc1ccc(-c2ccccc2)cc1)N(CCCN1CCOCC1)Cc1ccncc1. The van der Waals surface area contributed by atoms with Crippen molar-refractivity contribution in [2.24, 2.45) is 0 Å². The van der Waals surface area contributed by atoms with Gasteiger partial charge in [0.25, 0.3) is 0 Å². The fourth-order valence-corrected chi connectivity index (χ4v) is 4.12. The van der Waals surface area contributed by atoms with Crippen molar-refractivity contribution in [1.29, 1.82) is 0 Å². The fraction of sp³-hybridized carbons (Fsp3) is 0.308. The Morgan fingerprint density at radius 1 is 0.938 bits per heavy atom. The lowest BCUT2D eigenvalue weighted by Gasteiger charge is -2.29. The molecule has 4 rings (SSSR count). The summed E-state index contributed by atoms with van der Waals surface area (Å²) in [6.45, 7) is 6.42. The monoisotopic (exact) mass is 446 g/mol. The molecule has 5 nitrogen and oxygen atoms in total. The second kappa shape index (κ2) is 11.7. The van der Waals surface area contributed by atoms with Crippen LogP contribution in [0.15, 0.2) is 79.1 Å². The summed E-state index contributed by atoms with van der Waals surface area (Å²) in [5.74, 6) is 0. The van der Waals surface area contributed by atoms with E-state index in [1.807, 2.05) is 30.6 Å². The Balaban J connectivity index is 1.38. The van der Waals surface area contributed by atoms with Crippen LogP contribution in [-0.4, -0.2) is 59.3 Å². The largest absolute Gasteiger partial charge is 0.379 e. The Morgan fingerprint density at radius 3 is 2.34 bits per heavy atom. The fourth-order valence-electron chi connectivity index (χ4n) is 3.85. The summed E-state index contributed by atoms with van der Waals surface area (Å²) in [5, 5.41) is 4.18. The highest BCUT2D eigenvalue weighted by Gasteiger charge is 2.14. The first-order valence-electron chi connectivity index (χ1n) is 11.2. The van der Waals surface area contributed by atoms with Gasteiger partial charge < -0.3 is 15.0 Å². The number of nitrogens with one attached hydrogen (secondary N) is 1. The van der Waals surface area contributed by atoms with Crippen molar-refractivity contribution < 1.29 is 4.74 Å². The summed E-state index contributed by atoms with van der Waals surface area (Å²) < 4.78 is 5.46. The summed E-state index contributed by atoms with van der Waals surface area (Å²) in [4.78, 5) is 8.85.